The van der Waals surface area contributed by atoms with Crippen LogP contribution in [0.3, 0.4) is 0 Å². The molecule has 1 aliphatic carbocycles. The first-order valence-electron chi connectivity index (χ1n) is 10.7. The lowest BCUT2D eigenvalue weighted by molar-refractivity contribution is -0.143. The third kappa shape index (κ3) is 3.51. The molecule has 3 heterocycles. The summed E-state index contributed by atoms with van der Waals surface area (Å²) in [5.41, 5.74) is -0.992. The first-order chi connectivity index (χ1) is 14.6. The minimum atomic E-state index is -4.37. The summed E-state index contributed by atoms with van der Waals surface area (Å²) in [6.07, 6.45) is -1.63. The summed E-state index contributed by atoms with van der Waals surface area (Å²) >= 11 is 0. The van der Waals surface area contributed by atoms with Crippen molar-refractivity contribution < 1.29 is 32.2 Å². The number of benzene rings is 1. The van der Waals surface area contributed by atoms with E-state index >= 15 is 0 Å². The van der Waals surface area contributed by atoms with Gasteiger partial charge in [-0.2, -0.15) is 13.2 Å². The molecule has 2 saturated heterocycles. The number of carbonyl (C=O) groups excluding carboxylic acids is 2. The molecule has 1 spiro atoms. The third-order valence-corrected chi connectivity index (χ3v) is 7.41. The van der Waals surface area contributed by atoms with E-state index in [0.717, 1.165) is 18.9 Å². The average molecular weight is 438 g/mol. The standard InChI is InChI=1S/C22H25F3N2O4/c1-20(9-13-8-16(22(23,24)25)2-3-17(13)31-20)15-4-6-27(7-5-15)18(28)14-10-21(11-14)12-30-19(29)26-21/h2-3,8,14-15H,4-7,9-12H2,1H3,(H,26,29)/t14-,20?,21+. The number of ether oxygens (including phenoxy) is 2. The number of hydrogen-bond acceptors (Lipinski definition) is 4. The minimum absolute atomic E-state index is 0.0955. The quantitative estimate of drug-likeness (QED) is 0.767. The van der Waals surface area contributed by atoms with E-state index in [1.54, 1.807) is 0 Å². The van der Waals surface area contributed by atoms with Gasteiger partial charge < -0.3 is 19.7 Å². The lowest BCUT2D eigenvalue weighted by Gasteiger charge is -2.46. The van der Waals surface area contributed by atoms with Crippen LogP contribution in [0.2, 0.25) is 0 Å². The van der Waals surface area contributed by atoms with Gasteiger partial charge in [-0.3, -0.25) is 4.79 Å². The Kier molecular flexibility index (Phi) is 4.47. The molecule has 0 radical (unpaired) electrons. The molecular formula is C22H25F3N2O4. The van der Waals surface area contributed by atoms with E-state index in [4.69, 9.17) is 9.47 Å². The van der Waals surface area contributed by atoms with Crippen LogP contribution in [0.1, 0.15) is 43.7 Å². The normalized spacial score (nSPS) is 32.8. The van der Waals surface area contributed by atoms with Crippen LogP contribution in [0.25, 0.3) is 0 Å². The summed E-state index contributed by atoms with van der Waals surface area (Å²) in [5, 5.41) is 2.81. The molecular weight excluding hydrogens is 413 g/mol. The Morgan fingerprint density at radius 3 is 2.55 bits per heavy atom. The fraction of sp³-hybridized carbons (Fsp3) is 0.636. The molecule has 31 heavy (non-hydrogen) atoms. The largest absolute Gasteiger partial charge is 0.487 e. The van der Waals surface area contributed by atoms with Gasteiger partial charge in [0.15, 0.2) is 0 Å². The number of piperidine rings is 1. The number of hydrogen-bond donors (Lipinski definition) is 1. The highest BCUT2D eigenvalue weighted by molar-refractivity contribution is 5.81. The first-order valence-corrected chi connectivity index (χ1v) is 10.7. The molecule has 3 fully saturated rings. The summed E-state index contributed by atoms with van der Waals surface area (Å²) < 4.78 is 50.2. The van der Waals surface area contributed by atoms with Crippen molar-refractivity contribution in [2.45, 2.75) is 56.3 Å². The number of amides is 2. The van der Waals surface area contributed by atoms with Crippen molar-refractivity contribution in [1.29, 1.82) is 0 Å². The highest BCUT2D eigenvalue weighted by Gasteiger charge is 2.54. The molecule has 1 atom stereocenters. The molecule has 1 aromatic rings. The number of carbonyl (C=O) groups is 2. The van der Waals surface area contributed by atoms with Gasteiger partial charge in [0.25, 0.3) is 0 Å². The van der Waals surface area contributed by atoms with Crippen molar-refractivity contribution in [3.63, 3.8) is 0 Å². The van der Waals surface area contributed by atoms with Crippen LogP contribution >= 0.6 is 0 Å². The number of cyclic esters (lactones) is 1. The monoisotopic (exact) mass is 438 g/mol. The van der Waals surface area contributed by atoms with Crippen LogP contribution in [0.15, 0.2) is 18.2 Å². The van der Waals surface area contributed by atoms with Crippen molar-refractivity contribution in [2.75, 3.05) is 19.7 Å². The average Bonchev–Trinajstić information content (AvgIpc) is 3.25. The zero-order valence-electron chi connectivity index (χ0n) is 17.3. The Bertz CT molecular complexity index is 920. The smallest absolute Gasteiger partial charge is 0.416 e. The van der Waals surface area contributed by atoms with Gasteiger partial charge >= 0.3 is 12.3 Å². The zero-order valence-corrected chi connectivity index (χ0v) is 17.3. The van der Waals surface area contributed by atoms with E-state index < -0.39 is 23.4 Å². The maximum atomic E-state index is 13.0. The van der Waals surface area contributed by atoms with Crippen LogP contribution in [0, 0.1) is 11.8 Å². The van der Waals surface area contributed by atoms with Crippen LogP contribution in [0.4, 0.5) is 18.0 Å². The van der Waals surface area contributed by atoms with Gasteiger partial charge in [0, 0.05) is 31.3 Å². The summed E-state index contributed by atoms with van der Waals surface area (Å²) in [7, 11) is 0. The molecule has 1 unspecified atom stereocenters. The second-order valence-corrected chi connectivity index (χ2v) is 9.60. The Morgan fingerprint density at radius 1 is 1.23 bits per heavy atom. The lowest BCUT2D eigenvalue weighted by atomic mass is 9.68. The Balaban J connectivity index is 1.17. The van der Waals surface area contributed by atoms with Crippen molar-refractivity contribution in [3.8, 4) is 5.75 Å². The molecule has 168 valence electrons. The highest BCUT2D eigenvalue weighted by atomic mass is 19.4. The molecule has 6 nitrogen and oxygen atoms in total. The SMILES string of the molecule is CC1(C2CCN(C(=O)[C@H]3C[C@]4(COC(=O)N4)C3)CC2)Cc2cc(C(F)(F)F)ccc2O1. The lowest BCUT2D eigenvalue weighted by Crippen LogP contribution is -2.59. The van der Waals surface area contributed by atoms with Gasteiger partial charge in [-0.05, 0) is 56.4 Å². The van der Waals surface area contributed by atoms with Gasteiger partial charge in [-0.15, -0.1) is 0 Å². The summed E-state index contributed by atoms with van der Waals surface area (Å²) in [6.45, 7) is 3.50. The van der Waals surface area contributed by atoms with E-state index in [-0.39, 0.29) is 23.3 Å². The zero-order chi connectivity index (χ0) is 22.0. The van der Waals surface area contributed by atoms with Gasteiger partial charge in [-0.1, -0.05) is 0 Å². The number of halogens is 3. The van der Waals surface area contributed by atoms with Crippen molar-refractivity contribution >= 4 is 12.0 Å². The number of alkyl halides is 3. The van der Waals surface area contributed by atoms with Crippen molar-refractivity contribution in [2.24, 2.45) is 11.8 Å². The molecule has 5 rings (SSSR count). The second kappa shape index (κ2) is 6.77. The molecule has 1 N–H and O–H groups in total. The van der Waals surface area contributed by atoms with Crippen LogP contribution < -0.4 is 10.1 Å². The van der Waals surface area contributed by atoms with Gasteiger partial charge in [0.05, 0.1) is 11.1 Å². The molecule has 1 saturated carbocycles. The fourth-order valence-corrected chi connectivity index (χ4v) is 5.63. The molecule has 9 heteroatoms. The maximum absolute atomic E-state index is 13.0. The van der Waals surface area contributed by atoms with Crippen LogP contribution in [-0.4, -0.2) is 47.7 Å². The maximum Gasteiger partial charge on any atom is 0.416 e. The van der Waals surface area contributed by atoms with Gasteiger partial charge in [0.1, 0.15) is 18.0 Å². The van der Waals surface area contributed by atoms with E-state index in [0.29, 0.717) is 50.3 Å². The number of fused-ring (bicyclic) bond motifs is 1. The number of rotatable bonds is 2. The number of alkyl carbamates (subject to hydrolysis) is 1. The van der Waals surface area contributed by atoms with E-state index in [1.807, 2.05) is 11.8 Å². The summed E-state index contributed by atoms with van der Waals surface area (Å²) in [4.78, 5) is 26.0. The topological polar surface area (TPSA) is 67.9 Å². The molecule has 0 bridgehead atoms. The van der Waals surface area contributed by atoms with Crippen molar-refractivity contribution in [3.05, 3.63) is 29.3 Å². The predicted molar refractivity (Wildman–Crippen MR) is 103 cm³/mol. The third-order valence-electron chi connectivity index (χ3n) is 7.41. The number of nitrogens with zero attached hydrogens (tertiary/aromatic N) is 1. The van der Waals surface area contributed by atoms with Crippen LogP contribution in [0.5, 0.6) is 5.75 Å². The van der Waals surface area contributed by atoms with Crippen LogP contribution in [-0.2, 0) is 22.1 Å². The predicted octanol–water partition coefficient (Wildman–Crippen LogP) is 3.53. The molecule has 3 aliphatic heterocycles. The molecule has 1 aromatic carbocycles. The molecule has 4 aliphatic rings. The fourth-order valence-electron chi connectivity index (χ4n) is 5.63. The summed E-state index contributed by atoms with van der Waals surface area (Å²) in [6, 6.07) is 3.67. The Labute approximate surface area is 178 Å². The van der Waals surface area contributed by atoms with E-state index in [9.17, 15) is 22.8 Å². The number of nitrogens with one attached hydrogen (secondary N) is 1. The minimum Gasteiger partial charge on any atom is -0.487 e. The Morgan fingerprint density at radius 2 is 1.94 bits per heavy atom. The number of likely N-dealkylation sites (tertiary alicyclic amines) is 1. The molecule has 2 amide bonds. The second-order valence-electron chi connectivity index (χ2n) is 9.60. The Hall–Kier alpha value is -2.45. The summed E-state index contributed by atoms with van der Waals surface area (Å²) in [5.74, 6) is 0.700. The van der Waals surface area contributed by atoms with Crippen molar-refractivity contribution in [1.82, 2.24) is 10.2 Å². The van der Waals surface area contributed by atoms with Gasteiger partial charge in [-0.25, -0.2) is 4.79 Å². The molecule has 0 aromatic heterocycles. The first kappa shape index (κ1) is 20.5. The van der Waals surface area contributed by atoms with E-state index in [2.05, 4.69) is 5.32 Å². The highest BCUT2D eigenvalue weighted by Crippen LogP contribution is 2.46. The van der Waals surface area contributed by atoms with E-state index in [1.165, 1.54) is 12.1 Å². The van der Waals surface area contributed by atoms with Gasteiger partial charge in [0.2, 0.25) is 5.91 Å².